The number of benzene rings is 3. The maximum absolute atomic E-state index is 13.5. The van der Waals surface area contributed by atoms with Crippen LogP contribution in [-0.4, -0.2) is 35.1 Å². The molecule has 1 aliphatic heterocycles. The van der Waals surface area contributed by atoms with Crippen molar-refractivity contribution in [3.63, 3.8) is 0 Å². The summed E-state index contributed by atoms with van der Waals surface area (Å²) in [5, 5.41) is 22.2. The third-order valence-electron chi connectivity index (χ3n) is 6.50. The van der Waals surface area contributed by atoms with Crippen LogP contribution in [0.25, 0.3) is 5.76 Å². The summed E-state index contributed by atoms with van der Waals surface area (Å²) in [7, 11) is 0. The molecule has 0 spiro atoms. The molecule has 0 saturated carbocycles. The zero-order chi connectivity index (χ0) is 28.4. The van der Waals surface area contributed by atoms with Gasteiger partial charge in [-0.25, -0.2) is 0 Å². The molecular weight excluding hydrogens is 518 g/mol. The number of Topliss-reactive ketones (excluding diaryl/α,β-unsaturated/α-hetero) is 1. The van der Waals surface area contributed by atoms with E-state index in [2.05, 4.69) is 13.8 Å². The molecule has 2 N–H and O–H groups in total. The number of aliphatic hydroxyl groups excluding tert-OH is 1. The molecule has 0 aliphatic carbocycles. The Morgan fingerprint density at radius 3 is 2.38 bits per heavy atom. The number of anilines is 1. The number of carbonyl (C=O) groups is 2. The van der Waals surface area contributed by atoms with Gasteiger partial charge in [0.1, 0.15) is 11.5 Å². The minimum atomic E-state index is -1.00. The number of phenols is 1. The van der Waals surface area contributed by atoms with Gasteiger partial charge in [-0.05, 0) is 85.8 Å². The van der Waals surface area contributed by atoms with Gasteiger partial charge in [-0.15, -0.1) is 0 Å². The largest absolute Gasteiger partial charge is 0.507 e. The van der Waals surface area contributed by atoms with E-state index in [9.17, 15) is 19.8 Å². The number of nitrogens with zero attached hydrogens (tertiary/aromatic N) is 1. The Kier molecular flexibility index (Phi) is 8.21. The highest BCUT2D eigenvalue weighted by atomic mass is 35.5. The Morgan fingerprint density at radius 2 is 1.72 bits per heavy atom. The molecule has 204 valence electrons. The van der Waals surface area contributed by atoms with E-state index in [0.29, 0.717) is 46.7 Å². The van der Waals surface area contributed by atoms with Crippen LogP contribution in [0.1, 0.15) is 49.1 Å². The van der Waals surface area contributed by atoms with Gasteiger partial charge < -0.3 is 19.7 Å². The summed E-state index contributed by atoms with van der Waals surface area (Å²) in [5.74, 6) is -0.811. The minimum absolute atomic E-state index is 0.0795. The van der Waals surface area contributed by atoms with Crippen molar-refractivity contribution in [2.24, 2.45) is 5.92 Å². The zero-order valence-corrected chi connectivity index (χ0v) is 23.4. The second-order valence-electron chi connectivity index (χ2n) is 9.95. The van der Waals surface area contributed by atoms with Gasteiger partial charge in [0.25, 0.3) is 11.7 Å². The van der Waals surface area contributed by atoms with E-state index in [1.165, 1.54) is 11.0 Å². The summed E-state index contributed by atoms with van der Waals surface area (Å²) in [6.07, 6.45) is 0. The Balaban J connectivity index is 1.92. The number of ether oxygens (including phenoxy) is 2. The van der Waals surface area contributed by atoms with E-state index in [4.69, 9.17) is 21.1 Å². The van der Waals surface area contributed by atoms with Gasteiger partial charge in [0.15, 0.2) is 11.5 Å². The lowest BCUT2D eigenvalue weighted by Gasteiger charge is -2.27. The minimum Gasteiger partial charge on any atom is -0.507 e. The maximum Gasteiger partial charge on any atom is 0.300 e. The van der Waals surface area contributed by atoms with E-state index in [-0.39, 0.29) is 22.8 Å². The molecule has 1 saturated heterocycles. The Bertz CT molecular complexity index is 1460. The summed E-state index contributed by atoms with van der Waals surface area (Å²) in [6, 6.07) is 13.8. The van der Waals surface area contributed by atoms with Crippen LogP contribution in [0.15, 0.2) is 60.2 Å². The fraction of sp³-hybridized carbons (Fsp3) is 0.290. The Hall–Kier alpha value is -3.97. The number of hydrogen-bond acceptors (Lipinski definition) is 6. The number of rotatable bonds is 8. The highest BCUT2D eigenvalue weighted by molar-refractivity contribution is 6.52. The number of ketones is 1. The van der Waals surface area contributed by atoms with Crippen LogP contribution < -0.4 is 14.4 Å². The zero-order valence-electron chi connectivity index (χ0n) is 22.6. The topological polar surface area (TPSA) is 96.3 Å². The maximum atomic E-state index is 13.5. The Morgan fingerprint density at radius 1 is 0.974 bits per heavy atom. The lowest BCUT2D eigenvalue weighted by Crippen LogP contribution is -2.30. The fourth-order valence-electron chi connectivity index (χ4n) is 4.58. The van der Waals surface area contributed by atoms with Crippen molar-refractivity contribution in [1.82, 2.24) is 0 Å². The second-order valence-corrected chi connectivity index (χ2v) is 10.4. The lowest BCUT2D eigenvalue weighted by atomic mass is 9.94. The number of aryl methyl sites for hydroxylation is 2. The molecule has 3 aromatic carbocycles. The highest BCUT2D eigenvalue weighted by Gasteiger charge is 2.47. The van der Waals surface area contributed by atoms with Gasteiger partial charge in [-0.2, -0.15) is 0 Å². The number of amides is 1. The van der Waals surface area contributed by atoms with Gasteiger partial charge in [0.05, 0.1) is 24.8 Å². The molecule has 1 unspecified atom stereocenters. The van der Waals surface area contributed by atoms with Crippen molar-refractivity contribution in [3.8, 4) is 17.2 Å². The summed E-state index contributed by atoms with van der Waals surface area (Å²) >= 11 is 6.28. The predicted molar refractivity (Wildman–Crippen MR) is 152 cm³/mol. The third kappa shape index (κ3) is 5.59. The van der Waals surface area contributed by atoms with Crippen LogP contribution in [0.5, 0.6) is 17.2 Å². The van der Waals surface area contributed by atoms with Crippen molar-refractivity contribution in [1.29, 1.82) is 0 Å². The molecule has 1 heterocycles. The van der Waals surface area contributed by atoms with E-state index in [1.54, 1.807) is 55.5 Å². The molecule has 39 heavy (non-hydrogen) atoms. The second kappa shape index (κ2) is 11.4. The number of halogens is 1. The first-order valence-electron chi connectivity index (χ1n) is 12.8. The number of aliphatic hydroxyl groups is 1. The molecule has 0 radical (unpaired) electrons. The molecule has 0 aromatic heterocycles. The van der Waals surface area contributed by atoms with Crippen LogP contribution in [-0.2, 0) is 9.59 Å². The normalized spacial score (nSPS) is 16.7. The van der Waals surface area contributed by atoms with Crippen LogP contribution in [0, 0.1) is 19.8 Å². The smallest absolute Gasteiger partial charge is 0.300 e. The van der Waals surface area contributed by atoms with Gasteiger partial charge in [0.2, 0.25) is 0 Å². The van der Waals surface area contributed by atoms with Gasteiger partial charge in [0, 0.05) is 16.3 Å². The van der Waals surface area contributed by atoms with Crippen LogP contribution in [0.3, 0.4) is 0 Å². The van der Waals surface area contributed by atoms with Gasteiger partial charge >= 0.3 is 0 Å². The SMILES string of the molecule is CCOc1cc(C2/C(=C(\O)c3ccc(OCC(C)C)c(C)c3)C(=O)C(=O)N2c2cc(Cl)ccc2C)ccc1O. The number of aromatic hydroxyl groups is 1. The average molecular weight is 550 g/mol. The summed E-state index contributed by atoms with van der Waals surface area (Å²) < 4.78 is 11.4. The average Bonchev–Trinajstić information content (AvgIpc) is 3.15. The molecule has 3 aromatic rings. The molecule has 4 rings (SSSR count). The first-order valence-corrected chi connectivity index (χ1v) is 13.2. The van der Waals surface area contributed by atoms with Crippen molar-refractivity contribution in [2.75, 3.05) is 18.1 Å². The lowest BCUT2D eigenvalue weighted by molar-refractivity contribution is -0.132. The molecule has 1 atom stereocenters. The number of phenolic OH excluding ortho intramolecular Hbond substituents is 1. The molecular formula is C31H32ClNO6. The quantitative estimate of drug-likeness (QED) is 0.184. The molecule has 7 nitrogen and oxygen atoms in total. The van der Waals surface area contributed by atoms with E-state index in [0.717, 1.165) is 11.1 Å². The van der Waals surface area contributed by atoms with E-state index >= 15 is 0 Å². The fourth-order valence-corrected chi connectivity index (χ4v) is 4.75. The summed E-state index contributed by atoms with van der Waals surface area (Å²) in [4.78, 5) is 28.4. The van der Waals surface area contributed by atoms with Crippen LogP contribution >= 0.6 is 11.6 Å². The predicted octanol–water partition coefficient (Wildman–Crippen LogP) is 6.72. The molecule has 0 bridgehead atoms. The highest BCUT2D eigenvalue weighted by Crippen LogP contribution is 2.45. The summed E-state index contributed by atoms with van der Waals surface area (Å²) in [5.41, 5.74) is 2.71. The molecule has 1 amide bonds. The van der Waals surface area contributed by atoms with E-state index < -0.39 is 17.7 Å². The number of carbonyl (C=O) groups excluding carboxylic acids is 2. The first kappa shape index (κ1) is 28.0. The molecule has 1 fully saturated rings. The van der Waals surface area contributed by atoms with Crippen LogP contribution in [0.4, 0.5) is 5.69 Å². The molecule has 8 heteroatoms. The van der Waals surface area contributed by atoms with Crippen molar-refractivity contribution in [2.45, 2.75) is 40.7 Å². The first-order chi connectivity index (χ1) is 18.5. The third-order valence-corrected chi connectivity index (χ3v) is 6.73. The van der Waals surface area contributed by atoms with Crippen molar-refractivity contribution >= 4 is 34.7 Å². The van der Waals surface area contributed by atoms with Crippen molar-refractivity contribution in [3.05, 3.63) is 87.4 Å². The van der Waals surface area contributed by atoms with Crippen molar-refractivity contribution < 1.29 is 29.3 Å². The Labute approximate surface area is 233 Å². The number of hydrogen-bond donors (Lipinski definition) is 2. The standard InChI is InChI=1S/C31H32ClNO6/c1-6-38-26-14-20(8-11-24(26)34)28-27(29(35)21-9-12-25(19(5)13-21)39-16-17(2)3)30(36)31(37)33(28)23-15-22(32)10-7-18(23)4/h7-15,17,28,34-35H,6,16H2,1-5H3/b29-27+. The van der Waals surface area contributed by atoms with Gasteiger partial charge in [-0.1, -0.05) is 37.6 Å². The van der Waals surface area contributed by atoms with Gasteiger partial charge in [-0.3, -0.25) is 14.5 Å². The summed E-state index contributed by atoms with van der Waals surface area (Å²) in [6.45, 7) is 10.4. The monoisotopic (exact) mass is 549 g/mol. The van der Waals surface area contributed by atoms with Crippen LogP contribution in [0.2, 0.25) is 5.02 Å². The molecule has 1 aliphatic rings. The van der Waals surface area contributed by atoms with E-state index in [1.807, 2.05) is 13.8 Å².